The van der Waals surface area contributed by atoms with Gasteiger partial charge in [-0.2, -0.15) is 4.31 Å². The summed E-state index contributed by atoms with van der Waals surface area (Å²) in [5, 5.41) is 3.04. The van der Waals surface area contributed by atoms with E-state index in [4.69, 9.17) is 0 Å². The lowest BCUT2D eigenvalue weighted by atomic mass is 10.3. The zero-order valence-electron chi connectivity index (χ0n) is 11.2. The minimum absolute atomic E-state index is 0.487. The normalized spacial score (nSPS) is 17.7. The minimum Gasteiger partial charge on any atom is -0.338 e. The molecule has 2 rings (SSSR count). The first kappa shape index (κ1) is 14.2. The number of rotatable bonds is 4. The van der Waals surface area contributed by atoms with Crippen molar-refractivity contribution in [2.24, 2.45) is 0 Å². The SMILES string of the molecule is CNCc1cnc(N2CCN(S(C)(=O)=O)CC2)nc1. The molecule has 8 heteroatoms. The molecule has 0 bridgehead atoms. The molecule has 0 aliphatic carbocycles. The van der Waals surface area contributed by atoms with Crippen molar-refractivity contribution in [1.82, 2.24) is 19.6 Å². The smallest absolute Gasteiger partial charge is 0.225 e. The number of nitrogens with zero attached hydrogens (tertiary/aromatic N) is 4. The maximum absolute atomic E-state index is 11.4. The number of hydrogen-bond donors (Lipinski definition) is 1. The van der Waals surface area contributed by atoms with E-state index in [2.05, 4.69) is 15.3 Å². The third-order valence-electron chi connectivity index (χ3n) is 3.06. The Hall–Kier alpha value is -1.25. The molecular formula is C11H19N5O2S. The van der Waals surface area contributed by atoms with E-state index in [0.717, 1.165) is 12.1 Å². The molecule has 1 aliphatic rings. The molecule has 0 radical (unpaired) electrons. The maximum Gasteiger partial charge on any atom is 0.225 e. The van der Waals surface area contributed by atoms with Crippen LogP contribution in [0, 0.1) is 0 Å². The van der Waals surface area contributed by atoms with Crippen molar-refractivity contribution in [3.05, 3.63) is 18.0 Å². The summed E-state index contributed by atoms with van der Waals surface area (Å²) in [4.78, 5) is 10.6. The highest BCUT2D eigenvalue weighted by atomic mass is 32.2. The Bertz CT molecular complexity index is 508. The van der Waals surface area contributed by atoms with Crippen LogP contribution < -0.4 is 10.2 Å². The molecule has 19 heavy (non-hydrogen) atoms. The molecule has 0 amide bonds. The Balaban J connectivity index is 1.97. The van der Waals surface area contributed by atoms with Crippen LogP contribution in [0.4, 0.5) is 5.95 Å². The van der Waals surface area contributed by atoms with Crippen LogP contribution in [0.1, 0.15) is 5.56 Å². The summed E-state index contributed by atoms with van der Waals surface area (Å²) in [7, 11) is -1.21. The van der Waals surface area contributed by atoms with Gasteiger partial charge in [0.15, 0.2) is 0 Å². The Morgan fingerprint density at radius 3 is 2.26 bits per heavy atom. The second-order valence-corrected chi connectivity index (χ2v) is 6.55. The average molecular weight is 285 g/mol. The first-order valence-electron chi connectivity index (χ1n) is 6.16. The standard InChI is InChI=1S/C11H19N5O2S/c1-12-7-10-8-13-11(14-9-10)15-3-5-16(6-4-15)19(2,17)18/h8-9,12H,3-7H2,1-2H3. The fraction of sp³-hybridized carbons (Fsp3) is 0.636. The maximum atomic E-state index is 11.4. The number of anilines is 1. The highest BCUT2D eigenvalue weighted by molar-refractivity contribution is 7.88. The number of aromatic nitrogens is 2. The van der Waals surface area contributed by atoms with Gasteiger partial charge in [-0.05, 0) is 7.05 Å². The second kappa shape index (κ2) is 5.81. The molecule has 0 aromatic carbocycles. The Kier molecular flexibility index (Phi) is 4.33. The first-order valence-corrected chi connectivity index (χ1v) is 8.01. The summed E-state index contributed by atoms with van der Waals surface area (Å²) < 4.78 is 24.3. The third-order valence-corrected chi connectivity index (χ3v) is 4.37. The second-order valence-electron chi connectivity index (χ2n) is 4.57. The molecule has 0 spiro atoms. The lowest BCUT2D eigenvalue weighted by molar-refractivity contribution is 0.385. The van der Waals surface area contributed by atoms with Gasteiger partial charge < -0.3 is 10.2 Å². The molecule has 106 valence electrons. The molecule has 2 heterocycles. The molecule has 7 nitrogen and oxygen atoms in total. The quantitative estimate of drug-likeness (QED) is 0.786. The van der Waals surface area contributed by atoms with E-state index in [0.29, 0.717) is 32.1 Å². The van der Waals surface area contributed by atoms with Crippen LogP contribution in [0.15, 0.2) is 12.4 Å². The molecule has 0 unspecified atom stereocenters. The predicted octanol–water partition coefficient (Wildman–Crippen LogP) is -0.722. The first-order chi connectivity index (χ1) is 9.00. The van der Waals surface area contributed by atoms with Gasteiger partial charge in [0.25, 0.3) is 0 Å². The highest BCUT2D eigenvalue weighted by Gasteiger charge is 2.24. The van der Waals surface area contributed by atoms with Crippen molar-refractivity contribution >= 4 is 16.0 Å². The molecule has 1 fully saturated rings. The fourth-order valence-corrected chi connectivity index (χ4v) is 2.85. The number of piperazine rings is 1. The number of nitrogens with one attached hydrogen (secondary N) is 1. The van der Waals surface area contributed by atoms with E-state index in [9.17, 15) is 8.42 Å². The topological polar surface area (TPSA) is 78.4 Å². The summed E-state index contributed by atoms with van der Waals surface area (Å²) in [5.74, 6) is 0.660. The van der Waals surface area contributed by atoms with Crippen LogP contribution in [0.5, 0.6) is 0 Å². The zero-order valence-corrected chi connectivity index (χ0v) is 12.0. The van der Waals surface area contributed by atoms with E-state index < -0.39 is 10.0 Å². The Morgan fingerprint density at radius 1 is 1.21 bits per heavy atom. The van der Waals surface area contributed by atoms with Crippen molar-refractivity contribution in [3.63, 3.8) is 0 Å². The van der Waals surface area contributed by atoms with Crippen molar-refractivity contribution < 1.29 is 8.42 Å². The van der Waals surface area contributed by atoms with Gasteiger partial charge in [0, 0.05) is 50.7 Å². The van der Waals surface area contributed by atoms with Crippen LogP contribution in [0.25, 0.3) is 0 Å². The molecular weight excluding hydrogens is 266 g/mol. The lowest BCUT2D eigenvalue weighted by Gasteiger charge is -2.33. The van der Waals surface area contributed by atoms with Gasteiger partial charge in [-0.25, -0.2) is 18.4 Å². The van der Waals surface area contributed by atoms with Crippen LogP contribution in [-0.4, -0.2) is 62.2 Å². The molecule has 1 N–H and O–H groups in total. The molecule has 1 aromatic rings. The summed E-state index contributed by atoms with van der Waals surface area (Å²) >= 11 is 0. The van der Waals surface area contributed by atoms with Crippen molar-refractivity contribution in [1.29, 1.82) is 0 Å². The zero-order chi connectivity index (χ0) is 13.9. The molecule has 1 aliphatic heterocycles. The van der Waals surface area contributed by atoms with E-state index in [1.54, 1.807) is 12.4 Å². The fourth-order valence-electron chi connectivity index (χ4n) is 2.03. The van der Waals surface area contributed by atoms with Gasteiger partial charge in [0.05, 0.1) is 6.26 Å². The van der Waals surface area contributed by atoms with E-state index in [-0.39, 0.29) is 0 Å². The molecule has 1 saturated heterocycles. The van der Waals surface area contributed by atoms with Crippen molar-refractivity contribution in [2.75, 3.05) is 44.4 Å². The number of hydrogen-bond acceptors (Lipinski definition) is 6. The van der Waals surface area contributed by atoms with Crippen molar-refractivity contribution in [3.8, 4) is 0 Å². The minimum atomic E-state index is -3.09. The van der Waals surface area contributed by atoms with Gasteiger partial charge in [-0.1, -0.05) is 0 Å². The highest BCUT2D eigenvalue weighted by Crippen LogP contribution is 2.12. The van der Waals surface area contributed by atoms with Gasteiger partial charge >= 0.3 is 0 Å². The van der Waals surface area contributed by atoms with E-state index >= 15 is 0 Å². The van der Waals surface area contributed by atoms with Crippen LogP contribution >= 0.6 is 0 Å². The molecule has 0 atom stereocenters. The van der Waals surface area contributed by atoms with Crippen LogP contribution in [0.3, 0.4) is 0 Å². The average Bonchev–Trinajstić information content (AvgIpc) is 2.39. The predicted molar refractivity (Wildman–Crippen MR) is 73.4 cm³/mol. The third kappa shape index (κ3) is 3.62. The summed E-state index contributed by atoms with van der Waals surface area (Å²) in [6.45, 7) is 2.96. The lowest BCUT2D eigenvalue weighted by Crippen LogP contribution is -2.48. The summed E-state index contributed by atoms with van der Waals surface area (Å²) in [6.07, 6.45) is 4.83. The molecule has 1 aromatic heterocycles. The van der Waals surface area contributed by atoms with Crippen molar-refractivity contribution in [2.45, 2.75) is 6.54 Å². The van der Waals surface area contributed by atoms with E-state index in [1.165, 1.54) is 10.6 Å². The van der Waals surface area contributed by atoms with Crippen LogP contribution in [0.2, 0.25) is 0 Å². The van der Waals surface area contributed by atoms with Gasteiger partial charge in [0.1, 0.15) is 0 Å². The van der Waals surface area contributed by atoms with Gasteiger partial charge in [-0.15, -0.1) is 0 Å². The van der Waals surface area contributed by atoms with Gasteiger partial charge in [-0.3, -0.25) is 0 Å². The Morgan fingerprint density at radius 2 is 1.79 bits per heavy atom. The number of sulfonamides is 1. The largest absolute Gasteiger partial charge is 0.338 e. The summed E-state index contributed by atoms with van der Waals surface area (Å²) in [5.41, 5.74) is 1.03. The summed E-state index contributed by atoms with van der Waals surface area (Å²) in [6, 6.07) is 0. The monoisotopic (exact) mass is 285 g/mol. The van der Waals surface area contributed by atoms with Gasteiger partial charge in [0.2, 0.25) is 16.0 Å². The van der Waals surface area contributed by atoms with E-state index in [1.807, 2.05) is 11.9 Å². The Labute approximate surface area is 113 Å². The molecule has 0 saturated carbocycles. The van der Waals surface area contributed by atoms with Crippen LogP contribution in [-0.2, 0) is 16.6 Å².